The first-order chi connectivity index (χ1) is 15.6. The van der Waals surface area contributed by atoms with Crippen molar-refractivity contribution in [3.63, 3.8) is 0 Å². The maximum absolute atomic E-state index is 15.3. The third kappa shape index (κ3) is 4.06. The second-order valence-electron chi connectivity index (χ2n) is 8.21. The van der Waals surface area contributed by atoms with E-state index in [0.29, 0.717) is 33.4 Å². The molecule has 0 radical (unpaired) electrons. The number of aliphatic hydroxyl groups is 1. The predicted molar refractivity (Wildman–Crippen MR) is 120 cm³/mol. The number of nitrogens with one attached hydrogen (secondary N) is 1. The van der Waals surface area contributed by atoms with Crippen molar-refractivity contribution in [2.45, 2.75) is 39.1 Å². The molecule has 2 N–H and O–H groups in total. The lowest BCUT2D eigenvalue weighted by atomic mass is 9.91. The van der Waals surface area contributed by atoms with Crippen molar-refractivity contribution in [3.05, 3.63) is 88.9 Å². The molecule has 0 fully saturated rings. The Morgan fingerprint density at radius 3 is 2.18 bits per heavy atom. The normalized spacial score (nSPS) is 14.5. The topological polar surface area (TPSA) is 50.1 Å². The molecule has 0 spiro atoms. The summed E-state index contributed by atoms with van der Waals surface area (Å²) in [5, 5.41) is 18.0. The number of benzene rings is 3. The van der Waals surface area contributed by atoms with Gasteiger partial charge in [-0.25, -0.2) is 22.2 Å². The fourth-order valence-corrected chi connectivity index (χ4v) is 4.10. The molecule has 0 aliphatic carbocycles. The molecule has 2 atom stereocenters. The zero-order valence-electron chi connectivity index (χ0n) is 18.3. The van der Waals surface area contributed by atoms with E-state index in [9.17, 15) is 18.3 Å². The van der Waals surface area contributed by atoms with Gasteiger partial charge in [0.15, 0.2) is 0 Å². The average molecular weight is 457 g/mol. The number of halogens is 4. The summed E-state index contributed by atoms with van der Waals surface area (Å²) >= 11 is 0. The summed E-state index contributed by atoms with van der Waals surface area (Å²) in [6, 6.07) is 13.2. The van der Waals surface area contributed by atoms with E-state index in [2.05, 4.69) is 10.4 Å². The van der Waals surface area contributed by atoms with E-state index in [4.69, 9.17) is 0 Å². The molecule has 0 aliphatic heterocycles. The number of aromatic nitrogens is 2. The first-order valence-corrected chi connectivity index (χ1v) is 10.3. The molecule has 2 unspecified atom stereocenters. The number of aryl methyl sites for hydroxylation is 3. The minimum Gasteiger partial charge on any atom is -0.375 e. The number of rotatable bonds is 6. The molecule has 0 saturated carbocycles. The van der Waals surface area contributed by atoms with Gasteiger partial charge in [0.1, 0.15) is 5.82 Å². The van der Waals surface area contributed by atoms with Crippen LogP contribution in [0.4, 0.5) is 23.2 Å². The zero-order valence-corrected chi connectivity index (χ0v) is 18.3. The van der Waals surface area contributed by atoms with Gasteiger partial charge in [-0.3, -0.25) is 0 Å². The van der Waals surface area contributed by atoms with E-state index in [-0.39, 0.29) is 5.56 Å². The fourth-order valence-electron chi connectivity index (χ4n) is 4.10. The van der Waals surface area contributed by atoms with E-state index in [1.54, 1.807) is 26.0 Å². The van der Waals surface area contributed by atoms with Crippen molar-refractivity contribution in [1.29, 1.82) is 0 Å². The maximum Gasteiger partial charge on any atom is 0.275 e. The molecule has 4 rings (SSSR count). The summed E-state index contributed by atoms with van der Waals surface area (Å²) in [7, 11) is 0. The highest BCUT2D eigenvalue weighted by molar-refractivity contribution is 5.81. The number of alkyl halides is 3. The van der Waals surface area contributed by atoms with Gasteiger partial charge in [0, 0.05) is 11.1 Å². The summed E-state index contributed by atoms with van der Waals surface area (Å²) in [4.78, 5) is 0. The van der Waals surface area contributed by atoms with Crippen molar-refractivity contribution in [3.8, 4) is 5.69 Å². The van der Waals surface area contributed by atoms with Crippen LogP contribution in [0, 0.1) is 26.6 Å². The lowest BCUT2D eigenvalue weighted by Gasteiger charge is -2.32. The summed E-state index contributed by atoms with van der Waals surface area (Å²) in [5.74, 6) is -0.403. The van der Waals surface area contributed by atoms with Gasteiger partial charge in [0.2, 0.25) is 11.9 Å². The molecule has 4 aromatic rings. The van der Waals surface area contributed by atoms with Crippen LogP contribution in [-0.2, 0) is 5.60 Å². The van der Waals surface area contributed by atoms with Gasteiger partial charge < -0.3 is 10.4 Å². The number of fused-ring (bicyclic) bond motifs is 1. The number of anilines is 1. The van der Waals surface area contributed by atoms with Crippen molar-refractivity contribution < 1.29 is 22.7 Å². The molecule has 172 valence electrons. The molecule has 0 amide bonds. The molecular weight excluding hydrogens is 434 g/mol. The highest BCUT2D eigenvalue weighted by Crippen LogP contribution is 2.37. The van der Waals surface area contributed by atoms with Gasteiger partial charge in [0.05, 0.1) is 17.4 Å². The molecule has 33 heavy (non-hydrogen) atoms. The SMILES string of the molecule is Cc1cc(C)c(NC(F)C(O)(c2ccc3c(cnn3-c3ccc(F)cc3)c2)C(F)F)c(C)c1. The fraction of sp³-hybridized carbons (Fsp3) is 0.240. The van der Waals surface area contributed by atoms with Crippen molar-refractivity contribution in [2.75, 3.05) is 5.32 Å². The Hall–Kier alpha value is -3.39. The van der Waals surface area contributed by atoms with Crippen LogP contribution in [0.5, 0.6) is 0 Å². The molecule has 4 nitrogen and oxygen atoms in total. The third-order valence-corrected chi connectivity index (χ3v) is 5.77. The van der Waals surface area contributed by atoms with E-state index in [1.807, 2.05) is 6.92 Å². The number of hydrogen-bond acceptors (Lipinski definition) is 3. The summed E-state index contributed by atoms with van der Waals surface area (Å²) in [6.45, 7) is 5.37. The van der Waals surface area contributed by atoms with E-state index in [0.717, 1.165) is 5.56 Å². The molecule has 8 heteroatoms. The van der Waals surface area contributed by atoms with E-state index < -0.39 is 24.1 Å². The smallest absolute Gasteiger partial charge is 0.275 e. The van der Waals surface area contributed by atoms with Gasteiger partial charge in [-0.1, -0.05) is 23.8 Å². The van der Waals surface area contributed by atoms with Crippen molar-refractivity contribution >= 4 is 16.6 Å². The Morgan fingerprint density at radius 1 is 0.939 bits per heavy atom. The van der Waals surface area contributed by atoms with Gasteiger partial charge in [0.25, 0.3) is 6.43 Å². The molecule has 0 saturated heterocycles. The minimum atomic E-state index is -3.41. The summed E-state index contributed by atoms with van der Waals surface area (Å²) < 4.78 is 58.3. The molecule has 1 aromatic heterocycles. The summed E-state index contributed by atoms with van der Waals surface area (Å²) in [5.41, 5.74) is 0.401. The van der Waals surface area contributed by atoms with Crippen LogP contribution >= 0.6 is 0 Å². The minimum absolute atomic E-state index is 0.286. The number of hydrogen-bond donors (Lipinski definition) is 2. The van der Waals surface area contributed by atoms with Gasteiger partial charge in [-0.05, 0) is 73.9 Å². The first kappa shape index (κ1) is 22.8. The van der Waals surface area contributed by atoms with Crippen LogP contribution in [0.2, 0.25) is 0 Å². The second-order valence-corrected chi connectivity index (χ2v) is 8.21. The molecule has 0 bridgehead atoms. The summed E-state index contributed by atoms with van der Waals surface area (Å²) in [6.07, 6.45) is -4.47. The highest BCUT2D eigenvalue weighted by Gasteiger charge is 2.48. The van der Waals surface area contributed by atoms with Crippen LogP contribution in [0.25, 0.3) is 16.6 Å². The van der Waals surface area contributed by atoms with Crippen LogP contribution in [0.3, 0.4) is 0 Å². The first-order valence-electron chi connectivity index (χ1n) is 10.3. The number of nitrogens with zero attached hydrogens (tertiary/aromatic N) is 2. The van der Waals surface area contributed by atoms with E-state index in [1.165, 1.54) is 53.3 Å². The molecule has 1 heterocycles. The lowest BCUT2D eigenvalue weighted by Crippen LogP contribution is -2.47. The lowest BCUT2D eigenvalue weighted by molar-refractivity contribution is -0.139. The van der Waals surface area contributed by atoms with Crippen molar-refractivity contribution in [1.82, 2.24) is 9.78 Å². The largest absolute Gasteiger partial charge is 0.375 e. The van der Waals surface area contributed by atoms with Crippen LogP contribution < -0.4 is 5.32 Å². The Labute approximate surface area is 188 Å². The predicted octanol–water partition coefficient (Wildman–Crippen LogP) is 5.95. The highest BCUT2D eigenvalue weighted by atomic mass is 19.3. The van der Waals surface area contributed by atoms with E-state index >= 15 is 4.39 Å². The van der Waals surface area contributed by atoms with Gasteiger partial charge in [-0.15, -0.1) is 0 Å². The quantitative estimate of drug-likeness (QED) is 0.278. The van der Waals surface area contributed by atoms with Gasteiger partial charge >= 0.3 is 0 Å². The zero-order chi connectivity index (χ0) is 23.9. The Balaban J connectivity index is 1.72. The second kappa shape index (κ2) is 8.51. The Kier molecular flexibility index (Phi) is 5.88. The van der Waals surface area contributed by atoms with Crippen molar-refractivity contribution in [2.24, 2.45) is 0 Å². The molecule has 3 aromatic carbocycles. The Morgan fingerprint density at radius 2 is 1.58 bits per heavy atom. The molecule has 0 aliphatic rings. The average Bonchev–Trinajstić information content (AvgIpc) is 3.19. The van der Waals surface area contributed by atoms with Crippen LogP contribution in [0.15, 0.2) is 60.8 Å². The monoisotopic (exact) mass is 457 g/mol. The third-order valence-electron chi connectivity index (χ3n) is 5.77. The standard InChI is InChI=1S/C25H23F4N3O/c1-14-10-15(2)22(16(3)11-14)31-24(29)25(33,23(27)28)18-4-9-21-17(12-18)13-30-32(21)20-7-5-19(26)6-8-20/h4-13,23-24,31,33H,1-3H3. The maximum atomic E-state index is 15.3. The Bertz CT molecular complexity index is 1280. The van der Waals surface area contributed by atoms with Crippen LogP contribution in [-0.4, -0.2) is 27.6 Å². The molecular formula is C25H23F4N3O. The van der Waals surface area contributed by atoms with Gasteiger partial charge in [-0.2, -0.15) is 5.10 Å². The van der Waals surface area contributed by atoms with Crippen LogP contribution in [0.1, 0.15) is 22.3 Å².